The van der Waals surface area contributed by atoms with E-state index in [0.717, 1.165) is 0 Å². The Kier molecular flexibility index (Phi) is 7.26. The fraction of sp³-hybridized carbons (Fsp3) is 0.0769. The van der Waals surface area contributed by atoms with Crippen LogP contribution in [0.1, 0.15) is 0 Å². The molecule has 0 aliphatic carbocycles. The molecule has 38 heavy (non-hydrogen) atoms. The van der Waals surface area contributed by atoms with Gasteiger partial charge in [0.1, 0.15) is 22.9 Å². The summed E-state index contributed by atoms with van der Waals surface area (Å²) in [5, 5.41) is 23.0. The topological polar surface area (TPSA) is 174 Å². The van der Waals surface area contributed by atoms with Crippen molar-refractivity contribution in [1.29, 1.82) is 0 Å². The van der Waals surface area contributed by atoms with E-state index in [1.807, 2.05) is 0 Å². The number of nitro groups is 2. The molecule has 0 aromatic heterocycles. The van der Waals surface area contributed by atoms with Crippen LogP contribution in [-0.2, 0) is 10.8 Å². The van der Waals surface area contributed by atoms with Crippen molar-refractivity contribution >= 4 is 33.5 Å². The van der Waals surface area contributed by atoms with Gasteiger partial charge in [0.05, 0.1) is 44.7 Å². The molecule has 12 heteroatoms. The van der Waals surface area contributed by atoms with Crippen LogP contribution in [0.5, 0.6) is 11.5 Å². The molecule has 0 amide bonds. The minimum atomic E-state index is -1.85. The molecule has 0 unspecified atom stereocenters. The predicted octanol–water partition coefficient (Wildman–Crippen LogP) is 5.19. The van der Waals surface area contributed by atoms with Gasteiger partial charge in [-0.15, -0.1) is 0 Å². The summed E-state index contributed by atoms with van der Waals surface area (Å²) in [5.41, 5.74) is 12.6. The highest BCUT2D eigenvalue weighted by Gasteiger charge is 2.22. The van der Waals surface area contributed by atoms with E-state index in [2.05, 4.69) is 0 Å². The Labute approximate surface area is 219 Å². The average molecular weight is 535 g/mol. The summed E-state index contributed by atoms with van der Waals surface area (Å²) in [7, 11) is 1.09. The van der Waals surface area contributed by atoms with Gasteiger partial charge in [-0.25, -0.2) is 4.21 Å². The molecule has 194 valence electrons. The van der Waals surface area contributed by atoms with Crippen molar-refractivity contribution in [2.75, 3.05) is 25.7 Å². The zero-order valence-corrected chi connectivity index (χ0v) is 21.1. The second kappa shape index (κ2) is 10.6. The van der Waals surface area contributed by atoms with Crippen LogP contribution < -0.4 is 20.9 Å². The molecule has 4 rings (SSSR count). The van der Waals surface area contributed by atoms with E-state index in [1.54, 1.807) is 48.5 Å². The van der Waals surface area contributed by atoms with Crippen LogP contribution in [-0.4, -0.2) is 28.3 Å². The van der Waals surface area contributed by atoms with Gasteiger partial charge < -0.3 is 20.9 Å². The molecule has 4 N–H and O–H groups in total. The molecule has 0 radical (unpaired) electrons. The summed E-state index contributed by atoms with van der Waals surface area (Å²) in [4.78, 5) is 22.5. The third-order valence-corrected chi connectivity index (χ3v) is 7.36. The molecular weight excluding hydrogens is 512 g/mol. The minimum absolute atomic E-state index is 0.00768. The van der Waals surface area contributed by atoms with Crippen LogP contribution in [0.3, 0.4) is 0 Å². The van der Waals surface area contributed by atoms with Gasteiger partial charge in [-0.2, -0.15) is 0 Å². The highest BCUT2D eigenvalue weighted by Crippen LogP contribution is 2.40. The Morgan fingerprint density at radius 3 is 1.39 bits per heavy atom. The number of rotatable bonds is 8. The number of hydrogen-bond donors (Lipinski definition) is 2. The lowest BCUT2D eigenvalue weighted by molar-refractivity contribution is -0.384. The zero-order valence-electron chi connectivity index (χ0n) is 20.2. The second-order valence-corrected chi connectivity index (χ2v) is 9.47. The number of nitro benzene ring substituents is 2. The van der Waals surface area contributed by atoms with Crippen molar-refractivity contribution in [3.05, 3.63) is 93.0 Å². The van der Waals surface area contributed by atoms with Gasteiger partial charge in [-0.1, -0.05) is 12.1 Å². The van der Waals surface area contributed by atoms with E-state index in [4.69, 9.17) is 20.9 Å². The number of nitrogens with zero attached hydrogens (tertiary/aromatic N) is 2. The summed E-state index contributed by atoms with van der Waals surface area (Å²) < 4.78 is 24.8. The van der Waals surface area contributed by atoms with Gasteiger partial charge >= 0.3 is 0 Å². The first-order valence-electron chi connectivity index (χ1n) is 11.0. The molecule has 0 heterocycles. The van der Waals surface area contributed by atoms with Crippen molar-refractivity contribution in [1.82, 2.24) is 0 Å². The van der Waals surface area contributed by atoms with Crippen molar-refractivity contribution in [2.24, 2.45) is 0 Å². The number of anilines is 2. The van der Waals surface area contributed by atoms with E-state index in [9.17, 15) is 24.4 Å². The molecule has 0 saturated heterocycles. The number of nitrogens with two attached hydrogens (primary N) is 2. The van der Waals surface area contributed by atoms with Gasteiger partial charge in [0.2, 0.25) is 0 Å². The minimum Gasteiger partial charge on any atom is -0.497 e. The van der Waals surface area contributed by atoms with E-state index < -0.39 is 20.6 Å². The molecule has 11 nitrogen and oxygen atoms in total. The molecule has 4 aromatic carbocycles. The van der Waals surface area contributed by atoms with Crippen LogP contribution in [0.15, 0.2) is 82.6 Å². The summed E-state index contributed by atoms with van der Waals surface area (Å²) >= 11 is 0. The molecule has 0 aliphatic heterocycles. The number of methoxy groups -OCH3 is 2. The Bertz CT molecular complexity index is 1490. The first-order chi connectivity index (χ1) is 18.1. The Morgan fingerprint density at radius 1 is 0.658 bits per heavy atom. The number of ether oxygens (including phenoxy) is 2. The van der Waals surface area contributed by atoms with Crippen molar-refractivity contribution in [3.8, 4) is 33.8 Å². The Balaban J connectivity index is 1.93. The standard InChI is InChI=1S/C26H22N4O7S/c1-36-17-5-9-25(19(13-17)15-3-7-21(27)23(11-15)29(31)32)38(35)26-10-6-18(37-2)14-20(26)16-4-8-22(28)24(12-16)30(33)34/h3-14H,27-28H2,1-2H3. The van der Waals surface area contributed by atoms with Crippen LogP contribution in [0, 0.1) is 20.2 Å². The molecular formula is C26H22N4O7S. The Hall–Kier alpha value is -4.97. The van der Waals surface area contributed by atoms with Gasteiger partial charge in [-0.05, 0) is 59.7 Å². The van der Waals surface area contributed by atoms with Crippen molar-refractivity contribution in [3.63, 3.8) is 0 Å². The highest BCUT2D eigenvalue weighted by atomic mass is 32.2. The highest BCUT2D eigenvalue weighted by molar-refractivity contribution is 7.85. The first kappa shape index (κ1) is 26.1. The van der Waals surface area contributed by atoms with E-state index >= 15 is 0 Å². The number of benzene rings is 4. The second-order valence-electron chi connectivity index (χ2n) is 8.05. The van der Waals surface area contributed by atoms with Crippen LogP contribution >= 0.6 is 0 Å². The third-order valence-electron chi connectivity index (χ3n) is 5.85. The van der Waals surface area contributed by atoms with Crippen LogP contribution in [0.2, 0.25) is 0 Å². The lowest BCUT2D eigenvalue weighted by atomic mass is 10.0. The summed E-state index contributed by atoms with van der Waals surface area (Å²) in [6.45, 7) is 0. The maximum absolute atomic E-state index is 14.1. The lowest BCUT2D eigenvalue weighted by Gasteiger charge is -2.16. The van der Waals surface area contributed by atoms with Crippen LogP contribution in [0.25, 0.3) is 22.3 Å². The van der Waals surface area contributed by atoms with Gasteiger partial charge in [0, 0.05) is 23.3 Å². The molecule has 4 aromatic rings. The fourth-order valence-corrected chi connectivity index (χ4v) is 5.28. The van der Waals surface area contributed by atoms with Gasteiger partial charge in [0.15, 0.2) is 0 Å². The Morgan fingerprint density at radius 2 is 1.05 bits per heavy atom. The maximum atomic E-state index is 14.1. The summed E-state index contributed by atoms with van der Waals surface area (Å²) in [6, 6.07) is 18.3. The van der Waals surface area contributed by atoms with E-state index in [-0.39, 0.29) is 22.7 Å². The molecule has 0 spiro atoms. The third kappa shape index (κ3) is 4.97. The van der Waals surface area contributed by atoms with Gasteiger partial charge in [0.25, 0.3) is 11.4 Å². The molecule has 0 fully saturated rings. The van der Waals surface area contributed by atoms with E-state index in [0.29, 0.717) is 43.5 Å². The summed E-state index contributed by atoms with van der Waals surface area (Å²) in [6.07, 6.45) is 0. The molecule has 0 bridgehead atoms. The first-order valence-corrected chi connectivity index (χ1v) is 12.2. The maximum Gasteiger partial charge on any atom is 0.292 e. The van der Waals surface area contributed by atoms with Crippen molar-refractivity contribution in [2.45, 2.75) is 9.79 Å². The fourth-order valence-electron chi connectivity index (χ4n) is 3.90. The predicted molar refractivity (Wildman–Crippen MR) is 144 cm³/mol. The van der Waals surface area contributed by atoms with Crippen LogP contribution in [0.4, 0.5) is 22.7 Å². The molecule has 0 atom stereocenters. The summed E-state index contributed by atoms with van der Waals surface area (Å²) in [5.74, 6) is 0.897. The SMILES string of the molecule is COc1ccc(S(=O)c2ccc(OC)cc2-c2ccc(N)c([N+](=O)[O-])c2)c(-c2ccc(N)c([N+](=O)[O-])c2)c1. The zero-order chi connectivity index (χ0) is 27.6. The van der Waals surface area contributed by atoms with Crippen molar-refractivity contribution < 1.29 is 23.5 Å². The lowest BCUT2D eigenvalue weighted by Crippen LogP contribution is -2.02. The number of nitrogen functional groups attached to an aromatic ring is 2. The normalized spacial score (nSPS) is 10.8. The monoisotopic (exact) mass is 534 g/mol. The number of hydrogen-bond acceptors (Lipinski definition) is 9. The smallest absolute Gasteiger partial charge is 0.292 e. The average Bonchev–Trinajstić information content (AvgIpc) is 2.92. The molecule has 0 aliphatic rings. The van der Waals surface area contributed by atoms with Gasteiger partial charge in [-0.3, -0.25) is 20.2 Å². The quantitative estimate of drug-likeness (QED) is 0.175. The largest absolute Gasteiger partial charge is 0.497 e. The van der Waals surface area contributed by atoms with E-state index in [1.165, 1.54) is 38.5 Å². The molecule has 0 saturated carbocycles.